The molecule has 0 saturated heterocycles. The van der Waals surface area contributed by atoms with Gasteiger partial charge in [-0.1, -0.05) is 48.5 Å². The maximum absolute atomic E-state index is 13.3. The predicted octanol–water partition coefficient (Wildman–Crippen LogP) is 5.95. The van der Waals surface area contributed by atoms with E-state index in [2.05, 4.69) is 16.0 Å². The predicted molar refractivity (Wildman–Crippen MR) is 136 cm³/mol. The Bertz CT molecular complexity index is 1540. The minimum atomic E-state index is -0.465. The fourth-order valence-corrected chi connectivity index (χ4v) is 5.15. The van der Waals surface area contributed by atoms with Crippen LogP contribution in [0.15, 0.2) is 72.8 Å². The molecule has 0 saturated carbocycles. The number of aromatic amines is 1. The van der Waals surface area contributed by atoms with Crippen molar-refractivity contribution in [2.24, 2.45) is 0 Å². The second-order valence-electron chi connectivity index (χ2n) is 8.91. The smallest absolute Gasteiger partial charge is 0.338 e. The molecule has 0 unspecified atom stereocenters. The summed E-state index contributed by atoms with van der Waals surface area (Å²) in [6, 6.07) is 23.0. The molecule has 1 aliphatic rings. The third-order valence-electron chi connectivity index (χ3n) is 6.77. The highest BCUT2D eigenvalue weighted by molar-refractivity contribution is 5.98. The molecule has 6 nitrogen and oxygen atoms in total. The number of ether oxygens (including phenoxy) is 1. The van der Waals surface area contributed by atoms with Gasteiger partial charge in [0.25, 0.3) is 0 Å². The zero-order valence-corrected chi connectivity index (χ0v) is 19.3. The van der Waals surface area contributed by atoms with Crippen molar-refractivity contribution < 1.29 is 14.3 Å². The van der Waals surface area contributed by atoms with Gasteiger partial charge in [-0.25, -0.2) is 9.78 Å². The molecule has 2 heterocycles. The number of fused-ring (bicyclic) bond motifs is 4. The molecule has 1 N–H and O–H groups in total. The number of nitrogens with zero attached hydrogens (tertiary/aromatic N) is 2. The highest BCUT2D eigenvalue weighted by Crippen LogP contribution is 2.32. The zero-order chi connectivity index (χ0) is 23.8. The maximum atomic E-state index is 13.3. The summed E-state index contributed by atoms with van der Waals surface area (Å²) >= 11 is 0. The monoisotopic (exact) mass is 463 g/mol. The van der Waals surface area contributed by atoms with E-state index < -0.39 is 5.97 Å². The van der Waals surface area contributed by atoms with Crippen LogP contribution < -0.4 is 0 Å². The highest BCUT2D eigenvalue weighted by atomic mass is 16.5. The third-order valence-corrected chi connectivity index (χ3v) is 6.77. The van der Waals surface area contributed by atoms with Gasteiger partial charge in [0.2, 0.25) is 5.91 Å². The highest BCUT2D eigenvalue weighted by Gasteiger charge is 2.23. The Morgan fingerprint density at radius 2 is 1.69 bits per heavy atom. The van der Waals surface area contributed by atoms with Crippen molar-refractivity contribution in [3.8, 4) is 11.4 Å². The van der Waals surface area contributed by atoms with Crippen LogP contribution in [0.2, 0.25) is 0 Å². The van der Waals surface area contributed by atoms with E-state index in [1.165, 1.54) is 5.56 Å². The summed E-state index contributed by atoms with van der Waals surface area (Å²) in [6.45, 7) is 0.0212. The van der Waals surface area contributed by atoms with E-state index in [1.807, 2.05) is 59.2 Å². The lowest BCUT2D eigenvalue weighted by atomic mass is 9.95. The SMILES string of the molecule is O=C(OCCC(=O)n1c2c(c3ccccc31)CCCC2)c1ccccc1-c1nc2ccccc2[nH]1. The van der Waals surface area contributed by atoms with Crippen molar-refractivity contribution in [1.29, 1.82) is 0 Å². The summed E-state index contributed by atoms with van der Waals surface area (Å²) in [5, 5.41) is 1.16. The summed E-state index contributed by atoms with van der Waals surface area (Å²) in [6.07, 6.45) is 4.27. The number of benzene rings is 3. The summed E-state index contributed by atoms with van der Waals surface area (Å²) in [4.78, 5) is 34.1. The first-order valence-electron chi connectivity index (χ1n) is 12.1. The Morgan fingerprint density at radius 1 is 0.914 bits per heavy atom. The maximum Gasteiger partial charge on any atom is 0.338 e. The van der Waals surface area contributed by atoms with Crippen molar-refractivity contribution in [2.75, 3.05) is 6.61 Å². The Labute approximate surface area is 202 Å². The summed E-state index contributed by atoms with van der Waals surface area (Å²) in [5.74, 6) is 0.108. The number of imidazole rings is 1. The van der Waals surface area contributed by atoms with Gasteiger partial charge in [-0.3, -0.25) is 9.36 Å². The van der Waals surface area contributed by atoms with Crippen molar-refractivity contribution in [2.45, 2.75) is 32.1 Å². The van der Waals surface area contributed by atoms with Gasteiger partial charge in [-0.2, -0.15) is 0 Å². The van der Waals surface area contributed by atoms with Crippen molar-refractivity contribution in [3.05, 3.63) is 89.6 Å². The number of aryl methyl sites for hydroxylation is 1. The second-order valence-corrected chi connectivity index (χ2v) is 8.91. The van der Waals surface area contributed by atoms with Crippen LogP contribution in [0.1, 0.15) is 45.7 Å². The Kier molecular flexibility index (Phi) is 5.41. The number of H-pyrrole nitrogens is 1. The topological polar surface area (TPSA) is 77.0 Å². The molecule has 0 radical (unpaired) electrons. The molecule has 0 amide bonds. The molecule has 0 atom stereocenters. The number of hydrogen-bond acceptors (Lipinski definition) is 4. The molecule has 1 aliphatic carbocycles. The van der Waals surface area contributed by atoms with Crippen molar-refractivity contribution >= 4 is 33.8 Å². The second kappa shape index (κ2) is 8.87. The summed E-state index contributed by atoms with van der Waals surface area (Å²) in [7, 11) is 0. The molecular formula is C29H25N3O3. The van der Waals surface area contributed by atoms with Crippen LogP contribution >= 0.6 is 0 Å². The van der Waals surface area contributed by atoms with E-state index >= 15 is 0 Å². The van der Waals surface area contributed by atoms with Crippen LogP contribution in [0.3, 0.4) is 0 Å². The van der Waals surface area contributed by atoms with Gasteiger partial charge in [0.15, 0.2) is 0 Å². The lowest BCUT2D eigenvalue weighted by Crippen LogP contribution is -2.19. The van der Waals surface area contributed by atoms with Crippen LogP contribution in [-0.2, 0) is 17.6 Å². The number of carbonyl (C=O) groups is 2. The van der Waals surface area contributed by atoms with Gasteiger partial charge >= 0.3 is 5.97 Å². The van der Waals surface area contributed by atoms with Crippen LogP contribution in [0.4, 0.5) is 0 Å². The summed E-state index contributed by atoms with van der Waals surface area (Å²) in [5.41, 5.74) is 6.18. The molecule has 2 aromatic heterocycles. The minimum absolute atomic E-state index is 0.0212. The molecule has 0 bridgehead atoms. The van der Waals surface area contributed by atoms with Crippen LogP contribution in [0.25, 0.3) is 33.3 Å². The Morgan fingerprint density at radius 3 is 2.60 bits per heavy atom. The van der Waals surface area contributed by atoms with E-state index in [0.717, 1.165) is 53.3 Å². The van der Waals surface area contributed by atoms with Crippen LogP contribution in [-0.4, -0.2) is 33.0 Å². The number of nitrogens with one attached hydrogen (secondary N) is 1. The molecule has 5 aromatic rings. The van der Waals surface area contributed by atoms with Crippen molar-refractivity contribution in [1.82, 2.24) is 14.5 Å². The molecule has 0 aliphatic heterocycles. The normalized spacial score (nSPS) is 13.1. The Balaban J connectivity index is 1.20. The molecule has 6 rings (SSSR count). The molecule has 35 heavy (non-hydrogen) atoms. The molecule has 6 heteroatoms. The lowest BCUT2D eigenvalue weighted by Gasteiger charge is -2.15. The first-order valence-corrected chi connectivity index (χ1v) is 12.1. The van der Waals surface area contributed by atoms with Gasteiger partial charge in [0.05, 0.1) is 28.5 Å². The van der Waals surface area contributed by atoms with E-state index in [0.29, 0.717) is 17.0 Å². The standard InChI is InChI=1S/C29H25N3O3/c33-27(32-25-15-7-3-9-19(25)20-10-4-8-16-26(20)32)17-18-35-29(34)22-12-2-1-11-21(22)28-30-23-13-5-6-14-24(23)31-28/h1-3,5-7,9,11-15H,4,8,10,16-18H2,(H,30,31). The van der Waals surface area contributed by atoms with Crippen LogP contribution in [0.5, 0.6) is 0 Å². The van der Waals surface area contributed by atoms with E-state index in [-0.39, 0.29) is 18.9 Å². The van der Waals surface area contributed by atoms with E-state index in [4.69, 9.17) is 4.74 Å². The van der Waals surface area contributed by atoms with Gasteiger partial charge in [0, 0.05) is 16.6 Å². The average molecular weight is 464 g/mol. The van der Waals surface area contributed by atoms with Crippen molar-refractivity contribution in [3.63, 3.8) is 0 Å². The fourth-order valence-electron chi connectivity index (χ4n) is 5.15. The van der Waals surface area contributed by atoms with Gasteiger partial charge in [0.1, 0.15) is 12.4 Å². The Hall–Kier alpha value is -4.19. The van der Waals surface area contributed by atoms with Crippen LogP contribution in [0, 0.1) is 0 Å². The number of rotatable bonds is 5. The molecule has 0 fully saturated rings. The van der Waals surface area contributed by atoms with Gasteiger partial charge in [-0.05, 0) is 55.5 Å². The number of para-hydroxylation sites is 3. The number of aromatic nitrogens is 3. The van der Waals surface area contributed by atoms with E-state index in [9.17, 15) is 9.59 Å². The largest absolute Gasteiger partial charge is 0.462 e. The van der Waals surface area contributed by atoms with Gasteiger partial charge in [-0.15, -0.1) is 0 Å². The first kappa shape index (κ1) is 21.4. The lowest BCUT2D eigenvalue weighted by molar-refractivity contribution is 0.0490. The molecule has 174 valence electrons. The number of carbonyl (C=O) groups excluding carboxylic acids is 2. The number of esters is 1. The summed E-state index contributed by atoms with van der Waals surface area (Å²) < 4.78 is 7.42. The zero-order valence-electron chi connectivity index (χ0n) is 19.3. The quantitative estimate of drug-likeness (QED) is 0.327. The third kappa shape index (κ3) is 3.81. The van der Waals surface area contributed by atoms with Gasteiger partial charge < -0.3 is 9.72 Å². The molecular weight excluding hydrogens is 438 g/mol. The number of hydrogen-bond donors (Lipinski definition) is 1. The average Bonchev–Trinajstić information content (AvgIpc) is 3.48. The molecule has 0 spiro atoms. The minimum Gasteiger partial charge on any atom is -0.462 e. The first-order chi connectivity index (χ1) is 17.2. The fraction of sp³-hybridized carbons (Fsp3) is 0.207. The van der Waals surface area contributed by atoms with E-state index in [1.54, 1.807) is 12.1 Å². The molecule has 3 aromatic carbocycles.